The van der Waals surface area contributed by atoms with Gasteiger partial charge in [-0.25, -0.2) is 4.79 Å². The zero-order chi connectivity index (χ0) is 20.2. The zero-order valence-electron chi connectivity index (χ0n) is 18.0. The highest BCUT2D eigenvalue weighted by molar-refractivity contribution is 5.85. The standard InChI is InChI=1S/C21H35NO5.ClH/c1-16(2)18-8-7-9-19(17(3)4)20(18)27-21(23)26-15-12-22(10-13-24-5)11-14-25-6;/h7-9,16-17H,10-15H2,1-6H3;1H. The van der Waals surface area contributed by atoms with Crippen LogP contribution < -0.4 is 4.74 Å². The lowest BCUT2D eigenvalue weighted by Gasteiger charge is -2.22. The van der Waals surface area contributed by atoms with E-state index in [-0.39, 0.29) is 30.8 Å². The van der Waals surface area contributed by atoms with Crippen molar-refractivity contribution in [3.63, 3.8) is 0 Å². The molecule has 0 aromatic heterocycles. The molecule has 0 aliphatic heterocycles. The topological polar surface area (TPSA) is 57.2 Å². The monoisotopic (exact) mass is 417 g/mol. The van der Waals surface area contributed by atoms with Crippen LogP contribution in [0.15, 0.2) is 18.2 Å². The van der Waals surface area contributed by atoms with E-state index in [4.69, 9.17) is 18.9 Å². The summed E-state index contributed by atoms with van der Waals surface area (Å²) in [7, 11) is 3.34. The molecule has 0 saturated heterocycles. The highest BCUT2D eigenvalue weighted by Gasteiger charge is 2.19. The van der Waals surface area contributed by atoms with Crippen LogP contribution in [-0.2, 0) is 14.2 Å². The van der Waals surface area contributed by atoms with Gasteiger partial charge in [0.25, 0.3) is 0 Å². The Labute approximate surface area is 175 Å². The molecule has 7 heteroatoms. The number of rotatable bonds is 12. The van der Waals surface area contributed by atoms with Gasteiger partial charge in [0.1, 0.15) is 12.4 Å². The fourth-order valence-corrected chi connectivity index (χ4v) is 2.75. The van der Waals surface area contributed by atoms with E-state index < -0.39 is 6.16 Å². The molecule has 28 heavy (non-hydrogen) atoms. The Kier molecular flexibility index (Phi) is 13.9. The van der Waals surface area contributed by atoms with Crippen molar-refractivity contribution >= 4 is 18.6 Å². The quantitative estimate of drug-likeness (QED) is 0.369. The highest BCUT2D eigenvalue weighted by atomic mass is 35.5. The van der Waals surface area contributed by atoms with Crippen LogP contribution in [-0.4, -0.2) is 64.7 Å². The predicted molar refractivity (Wildman–Crippen MR) is 114 cm³/mol. The van der Waals surface area contributed by atoms with Crippen molar-refractivity contribution in [2.24, 2.45) is 0 Å². The van der Waals surface area contributed by atoms with Gasteiger partial charge in [0.2, 0.25) is 0 Å². The fraction of sp³-hybridized carbons (Fsp3) is 0.667. The smallest absolute Gasteiger partial charge is 0.433 e. The number of hydrogen-bond donors (Lipinski definition) is 0. The van der Waals surface area contributed by atoms with Crippen molar-refractivity contribution in [2.75, 3.05) is 53.7 Å². The first-order valence-electron chi connectivity index (χ1n) is 9.58. The molecule has 1 rings (SSSR count). The van der Waals surface area contributed by atoms with Gasteiger partial charge in [-0.3, -0.25) is 4.90 Å². The van der Waals surface area contributed by atoms with Crippen LogP contribution in [0.3, 0.4) is 0 Å². The van der Waals surface area contributed by atoms with Crippen LogP contribution in [0.1, 0.15) is 50.7 Å². The molecular formula is C21H36ClNO5. The van der Waals surface area contributed by atoms with Gasteiger partial charge >= 0.3 is 6.16 Å². The van der Waals surface area contributed by atoms with Crippen molar-refractivity contribution in [3.8, 4) is 5.75 Å². The number of hydrogen-bond acceptors (Lipinski definition) is 6. The van der Waals surface area contributed by atoms with Gasteiger partial charge in [-0.05, 0) is 23.0 Å². The molecule has 0 fully saturated rings. The molecule has 1 aromatic rings. The molecule has 0 heterocycles. The maximum atomic E-state index is 12.3. The van der Waals surface area contributed by atoms with E-state index in [0.29, 0.717) is 25.5 Å². The Hall–Kier alpha value is -1.34. The number of nitrogens with zero attached hydrogens (tertiary/aromatic N) is 1. The van der Waals surface area contributed by atoms with Crippen molar-refractivity contribution in [1.82, 2.24) is 4.90 Å². The second kappa shape index (κ2) is 14.6. The van der Waals surface area contributed by atoms with Gasteiger partial charge in [0.05, 0.1) is 13.2 Å². The largest absolute Gasteiger partial charge is 0.513 e. The minimum absolute atomic E-state index is 0. The Morgan fingerprint density at radius 1 is 0.893 bits per heavy atom. The van der Waals surface area contributed by atoms with Crippen molar-refractivity contribution in [1.29, 1.82) is 0 Å². The van der Waals surface area contributed by atoms with Crippen LogP contribution in [0.4, 0.5) is 4.79 Å². The van der Waals surface area contributed by atoms with Crippen molar-refractivity contribution in [3.05, 3.63) is 29.3 Å². The van der Waals surface area contributed by atoms with Crippen LogP contribution in [0.2, 0.25) is 0 Å². The van der Waals surface area contributed by atoms with E-state index in [2.05, 4.69) is 32.6 Å². The number of carbonyl (C=O) groups excluding carboxylic acids is 1. The van der Waals surface area contributed by atoms with Gasteiger partial charge in [0, 0.05) is 33.9 Å². The van der Waals surface area contributed by atoms with E-state index in [9.17, 15) is 4.79 Å². The molecule has 0 bridgehead atoms. The summed E-state index contributed by atoms with van der Waals surface area (Å²) in [5.74, 6) is 1.14. The average molecular weight is 418 g/mol. The highest BCUT2D eigenvalue weighted by Crippen LogP contribution is 2.34. The molecule has 0 aliphatic rings. The first kappa shape index (κ1) is 26.7. The van der Waals surface area contributed by atoms with Gasteiger partial charge in [-0.2, -0.15) is 0 Å². The molecule has 0 N–H and O–H groups in total. The first-order valence-corrected chi connectivity index (χ1v) is 9.58. The van der Waals surface area contributed by atoms with E-state index in [1.54, 1.807) is 14.2 Å². The number of carbonyl (C=O) groups is 1. The summed E-state index contributed by atoms with van der Waals surface area (Å²) < 4.78 is 21.2. The Morgan fingerprint density at radius 2 is 1.36 bits per heavy atom. The van der Waals surface area contributed by atoms with Gasteiger partial charge in [0.15, 0.2) is 0 Å². The molecule has 6 nitrogen and oxygen atoms in total. The van der Waals surface area contributed by atoms with Gasteiger partial charge in [-0.15, -0.1) is 12.4 Å². The fourth-order valence-electron chi connectivity index (χ4n) is 2.75. The third-order valence-corrected chi connectivity index (χ3v) is 4.36. The van der Waals surface area contributed by atoms with E-state index >= 15 is 0 Å². The summed E-state index contributed by atoms with van der Waals surface area (Å²) >= 11 is 0. The number of benzene rings is 1. The third kappa shape index (κ3) is 9.24. The molecule has 0 saturated carbocycles. The number of para-hydroxylation sites is 1. The lowest BCUT2D eigenvalue weighted by molar-refractivity contribution is 0.0705. The van der Waals surface area contributed by atoms with E-state index in [1.807, 2.05) is 18.2 Å². The molecule has 0 spiro atoms. The Balaban J connectivity index is 0.00000729. The van der Waals surface area contributed by atoms with Crippen LogP contribution >= 0.6 is 12.4 Å². The lowest BCUT2D eigenvalue weighted by atomic mass is 9.94. The zero-order valence-corrected chi connectivity index (χ0v) is 18.8. The maximum Gasteiger partial charge on any atom is 0.513 e. The molecule has 0 radical (unpaired) electrons. The molecule has 0 amide bonds. The normalized spacial score (nSPS) is 11.0. The van der Waals surface area contributed by atoms with E-state index in [0.717, 1.165) is 24.2 Å². The molecule has 1 aromatic carbocycles. The summed E-state index contributed by atoms with van der Waals surface area (Å²) in [6, 6.07) is 6.00. The summed E-state index contributed by atoms with van der Waals surface area (Å²) in [6.07, 6.45) is -0.663. The predicted octanol–water partition coefficient (Wildman–Crippen LogP) is 4.47. The molecule has 0 aliphatic carbocycles. The van der Waals surface area contributed by atoms with Crippen LogP contribution in [0, 0.1) is 0 Å². The minimum atomic E-state index is -0.663. The summed E-state index contributed by atoms with van der Waals surface area (Å²) in [5.41, 5.74) is 2.03. The molecule has 162 valence electrons. The average Bonchev–Trinajstić information content (AvgIpc) is 2.63. The summed E-state index contributed by atoms with van der Waals surface area (Å²) in [6.45, 7) is 11.9. The summed E-state index contributed by atoms with van der Waals surface area (Å²) in [5, 5.41) is 0. The van der Waals surface area contributed by atoms with Gasteiger partial charge < -0.3 is 18.9 Å². The SMILES string of the molecule is COCCN(CCOC)CCOC(=O)Oc1c(C(C)C)cccc1C(C)C.Cl. The third-order valence-electron chi connectivity index (χ3n) is 4.36. The first-order chi connectivity index (χ1) is 12.9. The molecule has 0 unspecified atom stereocenters. The molecular weight excluding hydrogens is 382 g/mol. The Bertz CT molecular complexity index is 531. The van der Waals surface area contributed by atoms with Crippen molar-refractivity contribution in [2.45, 2.75) is 39.5 Å². The van der Waals surface area contributed by atoms with Gasteiger partial charge in [-0.1, -0.05) is 45.9 Å². The minimum Gasteiger partial charge on any atom is -0.433 e. The second-order valence-corrected chi connectivity index (χ2v) is 7.10. The number of ether oxygens (including phenoxy) is 4. The lowest BCUT2D eigenvalue weighted by Crippen LogP contribution is -2.34. The number of methoxy groups -OCH3 is 2. The van der Waals surface area contributed by atoms with E-state index in [1.165, 1.54) is 0 Å². The van der Waals surface area contributed by atoms with Crippen molar-refractivity contribution < 1.29 is 23.7 Å². The van der Waals surface area contributed by atoms with Crippen LogP contribution in [0.5, 0.6) is 5.75 Å². The maximum absolute atomic E-state index is 12.3. The second-order valence-electron chi connectivity index (χ2n) is 7.10. The Morgan fingerprint density at radius 3 is 1.79 bits per heavy atom. The number of halogens is 1. The summed E-state index contributed by atoms with van der Waals surface area (Å²) in [4.78, 5) is 14.4. The van der Waals surface area contributed by atoms with Crippen LogP contribution in [0.25, 0.3) is 0 Å². The molecule has 0 atom stereocenters.